The highest BCUT2D eigenvalue weighted by molar-refractivity contribution is 6.08. The molecule has 1 amide bonds. The van der Waals surface area contributed by atoms with E-state index in [9.17, 15) is 19.5 Å². The molecule has 22 heavy (non-hydrogen) atoms. The van der Waals surface area contributed by atoms with E-state index in [1.165, 1.54) is 11.8 Å². The Morgan fingerprint density at radius 2 is 1.82 bits per heavy atom. The van der Waals surface area contributed by atoms with E-state index in [0.29, 0.717) is 5.56 Å². The molecule has 0 aromatic heterocycles. The zero-order valence-corrected chi connectivity index (χ0v) is 12.4. The van der Waals surface area contributed by atoms with Crippen molar-refractivity contribution in [2.24, 2.45) is 0 Å². The number of carbonyl (C=O) groups excluding carboxylic acids is 2. The van der Waals surface area contributed by atoms with Gasteiger partial charge in [0, 0.05) is 6.54 Å². The predicted octanol–water partition coefficient (Wildman–Crippen LogP) is 1.75. The highest BCUT2D eigenvalue weighted by Gasteiger charge is 2.42. The van der Waals surface area contributed by atoms with Crippen LogP contribution in [-0.2, 0) is 14.4 Å². The molecule has 0 unspecified atom stereocenters. The quantitative estimate of drug-likeness (QED) is 0.864. The molecule has 6 nitrogen and oxygen atoms in total. The number of hydrogen-bond donors (Lipinski definition) is 2. The summed E-state index contributed by atoms with van der Waals surface area (Å²) in [6.45, 7) is 3.11. The Morgan fingerprint density at radius 1 is 1.23 bits per heavy atom. The highest BCUT2D eigenvalue weighted by Crippen LogP contribution is 2.37. The third-order valence-corrected chi connectivity index (χ3v) is 3.64. The number of aliphatic hydroxyl groups is 1. The number of aliphatic hydroxyl groups excluding tert-OH is 1. The van der Waals surface area contributed by atoms with Crippen LogP contribution in [0.25, 0.3) is 0 Å². The minimum atomic E-state index is -1.05. The Bertz CT molecular complexity index is 660. The first-order chi connectivity index (χ1) is 10.3. The van der Waals surface area contributed by atoms with E-state index in [0.717, 1.165) is 5.56 Å². The fraction of sp³-hybridized carbons (Fsp3) is 0.312. The van der Waals surface area contributed by atoms with Crippen molar-refractivity contribution in [1.29, 1.82) is 0 Å². The van der Waals surface area contributed by atoms with Crippen molar-refractivity contribution in [2.45, 2.75) is 26.3 Å². The van der Waals surface area contributed by atoms with Gasteiger partial charge < -0.3 is 15.1 Å². The summed E-state index contributed by atoms with van der Waals surface area (Å²) in [4.78, 5) is 36.0. The smallest absolute Gasteiger partial charge is 0.305 e. The molecule has 0 fully saturated rings. The van der Waals surface area contributed by atoms with Crippen LogP contribution < -0.4 is 0 Å². The van der Waals surface area contributed by atoms with Crippen LogP contribution >= 0.6 is 0 Å². The molecule has 116 valence electrons. The zero-order chi connectivity index (χ0) is 16.4. The van der Waals surface area contributed by atoms with Crippen LogP contribution in [0, 0.1) is 6.92 Å². The summed E-state index contributed by atoms with van der Waals surface area (Å²) in [7, 11) is 0. The first-order valence-corrected chi connectivity index (χ1v) is 6.86. The normalized spacial score (nSPS) is 18.0. The fourth-order valence-electron chi connectivity index (χ4n) is 2.56. The second-order valence-electron chi connectivity index (χ2n) is 5.27. The van der Waals surface area contributed by atoms with Crippen molar-refractivity contribution >= 4 is 17.7 Å². The summed E-state index contributed by atoms with van der Waals surface area (Å²) in [5.41, 5.74) is 1.69. The van der Waals surface area contributed by atoms with Crippen LogP contribution in [0.1, 0.15) is 30.5 Å². The number of ketones is 1. The van der Waals surface area contributed by atoms with Gasteiger partial charge in [-0.15, -0.1) is 0 Å². The number of aliphatic carboxylic acids is 1. The molecule has 0 saturated carbocycles. The Balaban J connectivity index is 2.45. The largest absolute Gasteiger partial charge is 0.503 e. The second-order valence-corrected chi connectivity index (χ2v) is 5.27. The molecule has 1 heterocycles. The van der Waals surface area contributed by atoms with Crippen LogP contribution in [0.3, 0.4) is 0 Å². The predicted molar refractivity (Wildman–Crippen MR) is 78.2 cm³/mol. The van der Waals surface area contributed by atoms with E-state index in [1.54, 1.807) is 12.1 Å². The zero-order valence-electron chi connectivity index (χ0n) is 12.4. The topological polar surface area (TPSA) is 94.9 Å². The van der Waals surface area contributed by atoms with Crippen LogP contribution in [0.4, 0.5) is 0 Å². The van der Waals surface area contributed by atoms with Gasteiger partial charge in [0.05, 0.1) is 18.0 Å². The molecule has 1 aliphatic heterocycles. The lowest BCUT2D eigenvalue weighted by atomic mass is 9.96. The van der Waals surface area contributed by atoms with Crippen LogP contribution in [0.5, 0.6) is 0 Å². The molecule has 2 N–H and O–H groups in total. The molecule has 6 heteroatoms. The van der Waals surface area contributed by atoms with Gasteiger partial charge in [-0.2, -0.15) is 0 Å². The number of carboxylic acids is 1. The number of amides is 1. The van der Waals surface area contributed by atoms with Gasteiger partial charge in [0.25, 0.3) is 5.91 Å². The van der Waals surface area contributed by atoms with E-state index in [-0.39, 0.29) is 18.5 Å². The minimum absolute atomic E-state index is 0.0132. The number of aryl methyl sites for hydroxylation is 1. The highest BCUT2D eigenvalue weighted by atomic mass is 16.4. The van der Waals surface area contributed by atoms with Gasteiger partial charge in [0.2, 0.25) is 0 Å². The minimum Gasteiger partial charge on any atom is -0.503 e. The molecule has 0 saturated heterocycles. The third kappa shape index (κ3) is 2.86. The molecule has 1 aromatic rings. The van der Waals surface area contributed by atoms with Gasteiger partial charge in [-0.3, -0.25) is 14.4 Å². The standard InChI is InChI=1S/C16H17NO5/c1-9-3-5-11(6-4-9)14-13(10(2)18)15(21)16(22)17(14)8-7-12(19)20/h3-6,14,21H,7-8H2,1-2H3,(H,19,20)/t14-/m0/s1. The number of hydrogen-bond acceptors (Lipinski definition) is 4. The van der Waals surface area contributed by atoms with E-state index in [2.05, 4.69) is 0 Å². The molecule has 0 radical (unpaired) electrons. The average molecular weight is 303 g/mol. The first kappa shape index (κ1) is 15.8. The van der Waals surface area contributed by atoms with Crippen LogP contribution in [-0.4, -0.2) is 39.3 Å². The summed E-state index contributed by atoms with van der Waals surface area (Å²) in [6.07, 6.45) is -0.257. The molecule has 1 atom stereocenters. The number of nitrogens with zero attached hydrogens (tertiary/aromatic N) is 1. The Labute approximate surface area is 127 Å². The SMILES string of the molecule is CC(=O)C1=C(O)C(=O)N(CCC(=O)O)[C@H]1c1ccc(C)cc1. The number of rotatable bonds is 5. The first-order valence-electron chi connectivity index (χ1n) is 6.86. The number of carbonyl (C=O) groups is 3. The summed E-state index contributed by atoms with van der Waals surface area (Å²) in [5.74, 6) is -2.76. The summed E-state index contributed by atoms with van der Waals surface area (Å²) < 4.78 is 0. The summed E-state index contributed by atoms with van der Waals surface area (Å²) in [6, 6.07) is 6.46. The second kappa shape index (κ2) is 6.01. The maximum Gasteiger partial charge on any atom is 0.305 e. The van der Waals surface area contributed by atoms with Gasteiger partial charge in [-0.25, -0.2) is 0 Å². The number of benzene rings is 1. The maximum atomic E-state index is 12.2. The Morgan fingerprint density at radius 3 is 2.32 bits per heavy atom. The Hall–Kier alpha value is -2.63. The van der Waals surface area contributed by atoms with Crippen molar-refractivity contribution in [3.63, 3.8) is 0 Å². The van der Waals surface area contributed by atoms with Gasteiger partial charge in [-0.05, 0) is 19.4 Å². The van der Waals surface area contributed by atoms with Crippen LogP contribution in [0.15, 0.2) is 35.6 Å². The molecule has 0 spiro atoms. The Kier molecular flexibility index (Phi) is 4.30. The van der Waals surface area contributed by atoms with E-state index < -0.39 is 29.5 Å². The van der Waals surface area contributed by atoms with E-state index in [1.807, 2.05) is 19.1 Å². The molecular formula is C16H17NO5. The molecule has 1 aliphatic rings. The molecule has 2 rings (SSSR count). The van der Waals surface area contributed by atoms with Crippen molar-refractivity contribution < 1.29 is 24.6 Å². The van der Waals surface area contributed by atoms with Crippen molar-refractivity contribution in [2.75, 3.05) is 6.54 Å². The van der Waals surface area contributed by atoms with E-state index >= 15 is 0 Å². The third-order valence-electron chi connectivity index (χ3n) is 3.64. The molecule has 0 bridgehead atoms. The van der Waals surface area contributed by atoms with Gasteiger partial charge in [0.15, 0.2) is 11.5 Å². The number of carboxylic acid groups (broad SMARTS) is 1. The van der Waals surface area contributed by atoms with Crippen molar-refractivity contribution in [3.05, 3.63) is 46.7 Å². The van der Waals surface area contributed by atoms with Crippen LogP contribution in [0.2, 0.25) is 0 Å². The number of Topliss-reactive ketones (excluding diaryl/α,β-unsaturated/α-hetero) is 1. The van der Waals surface area contributed by atoms with Gasteiger partial charge in [-0.1, -0.05) is 29.8 Å². The average Bonchev–Trinajstić information content (AvgIpc) is 2.70. The fourth-order valence-corrected chi connectivity index (χ4v) is 2.56. The lowest BCUT2D eigenvalue weighted by Crippen LogP contribution is -2.33. The maximum absolute atomic E-state index is 12.2. The molecular weight excluding hydrogens is 286 g/mol. The molecule has 1 aromatic carbocycles. The van der Waals surface area contributed by atoms with Gasteiger partial charge in [0.1, 0.15) is 0 Å². The van der Waals surface area contributed by atoms with Gasteiger partial charge >= 0.3 is 5.97 Å². The summed E-state index contributed by atoms with van der Waals surface area (Å²) in [5, 5.41) is 18.8. The summed E-state index contributed by atoms with van der Waals surface area (Å²) >= 11 is 0. The van der Waals surface area contributed by atoms with E-state index in [4.69, 9.17) is 5.11 Å². The van der Waals surface area contributed by atoms with Crippen molar-refractivity contribution in [1.82, 2.24) is 4.90 Å². The monoisotopic (exact) mass is 303 g/mol. The lowest BCUT2D eigenvalue weighted by molar-refractivity contribution is -0.138. The lowest BCUT2D eigenvalue weighted by Gasteiger charge is -2.26. The molecule has 0 aliphatic carbocycles. The van der Waals surface area contributed by atoms with Crippen molar-refractivity contribution in [3.8, 4) is 0 Å².